The van der Waals surface area contributed by atoms with Gasteiger partial charge < -0.3 is 9.73 Å². The normalized spacial score (nSPS) is 12.2. The molecule has 0 bridgehead atoms. The van der Waals surface area contributed by atoms with Gasteiger partial charge in [0.25, 0.3) is 10.0 Å². The van der Waals surface area contributed by atoms with Gasteiger partial charge in [-0.25, -0.2) is 8.42 Å². The minimum absolute atomic E-state index is 0.311. The van der Waals surface area contributed by atoms with Crippen LogP contribution in [0.3, 0.4) is 0 Å². The molecule has 0 saturated carbocycles. The van der Waals surface area contributed by atoms with Crippen LogP contribution in [0.1, 0.15) is 23.1 Å². The molecule has 116 valence electrons. The summed E-state index contributed by atoms with van der Waals surface area (Å²) in [7, 11) is -1.86. The van der Waals surface area contributed by atoms with Crippen molar-refractivity contribution in [2.24, 2.45) is 0 Å². The molecule has 0 aliphatic carbocycles. The van der Waals surface area contributed by atoms with Crippen LogP contribution in [0.15, 0.2) is 33.1 Å². The molecular weight excluding hydrogens is 308 g/mol. The Hall–Kier alpha value is -1.15. The molecule has 0 amide bonds. The topological polar surface area (TPSA) is 62.6 Å². The number of thiophene rings is 1. The van der Waals surface area contributed by atoms with Crippen LogP contribution in [0.4, 0.5) is 0 Å². The second-order valence-corrected chi connectivity index (χ2v) is 8.20. The Morgan fingerprint density at radius 2 is 2.10 bits per heavy atom. The second kappa shape index (κ2) is 6.74. The van der Waals surface area contributed by atoms with Gasteiger partial charge in [-0.3, -0.25) is 0 Å². The Morgan fingerprint density at radius 3 is 2.71 bits per heavy atom. The maximum atomic E-state index is 12.5. The molecule has 2 rings (SSSR count). The van der Waals surface area contributed by atoms with Gasteiger partial charge >= 0.3 is 0 Å². The van der Waals surface area contributed by atoms with Crippen LogP contribution in [0.5, 0.6) is 0 Å². The van der Waals surface area contributed by atoms with E-state index in [0.29, 0.717) is 17.3 Å². The Morgan fingerprint density at radius 1 is 1.33 bits per heavy atom. The molecule has 21 heavy (non-hydrogen) atoms. The minimum atomic E-state index is -3.45. The number of sulfonamides is 1. The third-order valence-electron chi connectivity index (χ3n) is 3.21. The lowest BCUT2D eigenvalue weighted by Crippen LogP contribution is -2.25. The van der Waals surface area contributed by atoms with Crippen molar-refractivity contribution in [3.63, 3.8) is 0 Å². The maximum absolute atomic E-state index is 12.5. The van der Waals surface area contributed by atoms with E-state index in [-0.39, 0.29) is 0 Å². The summed E-state index contributed by atoms with van der Waals surface area (Å²) < 4.78 is 32.0. The lowest BCUT2D eigenvalue weighted by Gasteiger charge is -2.15. The Kier molecular flexibility index (Phi) is 5.21. The Bertz CT molecular complexity index is 689. The van der Waals surface area contributed by atoms with Crippen molar-refractivity contribution in [1.29, 1.82) is 0 Å². The fourth-order valence-electron chi connectivity index (χ4n) is 1.89. The molecule has 2 aromatic heterocycles. The Labute approximate surface area is 129 Å². The highest BCUT2D eigenvalue weighted by atomic mass is 32.2. The predicted octanol–water partition coefficient (Wildman–Crippen LogP) is 2.58. The van der Waals surface area contributed by atoms with E-state index < -0.39 is 10.0 Å². The smallest absolute Gasteiger partial charge is 0.252 e. The van der Waals surface area contributed by atoms with E-state index in [0.717, 1.165) is 22.7 Å². The molecule has 0 fully saturated rings. The SMILES string of the molecule is CCNCc1ccc(S(=O)(=O)N(C)Cc2ccoc2C)s1. The molecule has 5 nitrogen and oxygen atoms in total. The minimum Gasteiger partial charge on any atom is -0.469 e. The first-order valence-corrected chi connectivity index (χ1v) is 8.99. The molecule has 0 spiro atoms. The highest BCUT2D eigenvalue weighted by Crippen LogP contribution is 2.25. The summed E-state index contributed by atoms with van der Waals surface area (Å²) in [6.07, 6.45) is 1.57. The molecule has 0 saturated heterocycles. The van der Waals surface area contributed by atoms with Crippen molar-refractivity contribution < 1.29 is 12.8 Å². The summed E-state index contributed by atoms with van der Waals surface area (Å²) >= 11 is 1.31. The first kappa shape index (κ1) is 16.2. The van der Waals surface area contributed by atoms with Gasteiger partial charge in [0.05, 0.1) is 6.26 Å². The predicted molar refractivity (Wildman–Crippen MR) is 83.8 cm³/mol. The van der Waals surface area contributed by atoms with Crippen molar-refractivity contribution in [2.45, 2.75) is 31.1 Å². The summed E-state index contributed by atoms with van der Waals surface area (Å²) in [5, 5.41) is 3.19. The van der Waals surface area contributed by atoms with Gasteiger partial charge in [-0.2, -0.15) is 4.31 Å². The van der Waals surface area contributed by atoms with E-state index in [1.54, 1.807) is 25.4 Å². The maximum Gasteiger partial charge on any atom is 0.252 e. The first-order valence-electron chi connectivity index (χ1n) is 6.74. The van der Waals surface area contributed by atoms with E-state index in [1.807, 2.05) is 19.9 Å². The molecule has 0 unspecified atom stereocenters. The van der Waals surface area contributed by atoms with Crippen molar-refractivity contribution in [3.05, 3.63) is 40.7 Å². The van der Waals surface area contributed by atoms with E-state index in [4.69, 9.17) is 4.42 Å². The quantitative estimate of drug-likeness (QED) is 0.848. The number of hydrogen-bond donors (Lipinski definition) is 1. The monoisotopic (exact) mass is 328 g/mol. The lowest BCUT2D eigenvalue weighted by atomic mass is 10.3. The average Bonchev–Trinajstić information content (AvgIpc) is 3.06. The van der Waals surface area contributed by atoms with Crippen molar-refractivity contribution in [1.82, 2.24) is 9.62 Å². The van der Waals surface area contributed by atoms with Gasteiger partial charge in [0.15, 0.2) is 0 Å². The molecular formula is C14H20N2O3S2. The van der Waals surface area contributed by atoms with Crippen LogP contribution in [0.25, 0.3) is 0 Å². The zero-order valence-electron chi connectivity index (χ0n) is 12.4. The average molecular weight is 328 g/mol. The second-order valence-electron chi connectivity index (χ2n) is 4.76. The number of aryl methyl sites for hydroxylation is 1. The highest BCUT2D eigenvalue weighted by Gasteiger charge is 2.23. The molecule has 1 N–H and O–H groups in total. The summed E-state index contributed by atoms with van der Waals surface area (Å²) in [6.45, 7) is 5.72. The van der Waals surface area contributed by atoms with Crippen LogP contribution in [-0.2, 0) is 23.1 Å². The molecule has 2 aromatic rings. The van der Waals surface area contributed by atoms with E-state index in [1.165, 1.54) is 15.6 Å². The summed E-state index contributed by atoms with van der Waals surface area (Å²) in [6, 6.07) is 5.33. The van der Waals surface area contributed by atoms with Gasteiger partial charge in [-0.15, -0.1) is 11.3 Å². The van der Waals surface area contributed by atoms with Crippen LogP contribution >= 0.6 is 11.3 Å². The van der Waals surface area contributed by atoms with Gasteiger partial charge in [0.2, 0.25) is 0 Å². The third kappa shape index (κ3) is 3.74. The van der Waals surface area contributed by atoms with E-state index in [9.17, 15) is 8.42 Å². The molecule has 0 aliphatic heterocycles. The van der Waals surface area contributed by atoms with Crippen molar-refractivity contribution in [2.75, 3.05) is 13.6 Å². The third-order valence-corrected chi connectivity index (χ3v) is 6.57. The summed E-state index contributed by atoms with van der Waals surface area (Å²) in [5.41, 5.74) is 0.880. The van der Waals surface area contributed by atoms with Gasteiger partial charge in [-0.1, -0.05) is 6.92 Å². The fourth-order valence-corrected chi connectivity index (χ4v) is 4.58. The standard InChI is InChI=1S/C14H20N2O3S2/c1-4-15-9-13-5-6-14(20-13)21(17,18)16(3)10-12-7-8-19-11(12)2/h5-8,15H,4,9-10H2,1-3H3. The molecule has 0 atom stereocenters. The van der Waals surface area contributed by atoms with Gasteiger partial charge in [0, 0.05) is 30.6 Å². The van der Waals surface area contributed by atoms with Crippen molar-refractivity contribution >= 4 is 21.4 Å². The number of hydrogen-bond acceptors (Lipinski definition) is 5. The summed E-state index contributed by atoms with van der Waals surface area (Å²) in [5.74, 6) is 0.746. The Balaban J connectivity index is 2.13. The van der Waals surface area contributed by atoms with Crippen molar-refractivity contribution in [3.8, 4) is 0 Å². The molecule has 7 heteroatoms. The largest absolute Gasteiger partial charge is 0.469 e. The number of nitrogens with one attached hydrogen (secondary N) is 1. The van der Waals surface area contributed by atoms with Crippen LogP contribution in [-0.4, -0.2) is 26.3 Å². The van der Waals surface area contributed by atoms with Gasteiger partial charge in [-0.05, 0) is 31.7 Å². The first-order chi connectivity index (χ1) is 9.95. The molecule has 2 heterocycles. The lowest BCUT2D eigenvalue weighted by molar-refractivity contribution is 0.460. The van der Waals surface area contributed by atoms with Crippen LogP contribution in [0.2, 0.25) is 0 Å². The van der Waals surface area contributed by atoms with E-state index in [2.05, 4.69) is 5.32 Å². The molecule has 0 aliphatic rings. The fraction of sp³-hybridized carbons (Fsp3) is 0.429. The highest BCUT2D eigenvalue weighted by molar-refractivity contribution is 7.91. The number of furan rings is 1. The van der Waals surface area contributed by atoms with E-state index >= 15 is 0 Å². The number of rotatable bonds is 7. The summed E-state index contributed by atoms with van der Waals surface area (Å²) in [4.78, 5) is 1.02. The zero-order valence-corrected chi connectivity index (χ0v) is 14.1. The number of nitrogens with zero attached hydrogens (tertiary/aromatic N) is 1. The molecule has 0 radical (unpaired) electrons. The molecule has 0 aromatic carbocycles. The van der Waals surface area contributed by atoms with Crippen LogP contribution < -0.4 is 5.32 Å². The van der Waals surface area contributed by atoms with Crippen LogP contribution in [0, 0.1) is 6.92 Å². The van der Waals surface area contributed by atoms with Gasteiger partial charge in [0.1, 0.15) is 9.97 Å². The zero-order chi connectivity index (χ0) is 15.5.